The van der Waals surface area contributed by atoms with E-state index >= 15 is 0 Å². The van der Waals surface area contributed by atoms with E-state index in [1.54, 1.807) is 0 Å². The van der Waals surface area contributed by atoms with Crippen molar-refractivity contribution in [3.05, 3.63) is 0 Å². The molecule has 0 spiro atoms. The average molecular weight is 358 g/mol. The maximum Gasteiger partial charge on any atom is 0.106 e. The third kappa shape index (κ3) is 4.17. The van der Waals surface area contributed by atoms with Crippen LogP contribution in [0.4, 0.5) is 0 Å². The number of hydrogen-bond acceptors (Lipinski definition) is 8. The fourth-order valence-electron chi connectivity index (χ4n) is 4.88. The summed E-state index contributed by atoms with van der Waals surface area (Å²) >= 11 is 0. The predicted molar refractivity (Wildman–Crippen MR) is 93.0 cm³/mol. The molecule has 3 aliphatic rings. The zero-order valence-electron chi connectivity index (χ0n) is 14.7. The maximum atomic E-state index is 10.4. The molecule has 0 aromatic rings. The molecule has 0 radical (unpaired) electrons. The summed E-state index contributed by atoms with van der Waals surface area (Å²) in [4.78, 5) is 5.71. The Bertz CT molecular complexity index is 435. The van der Waals surface area contributed by atoms with Gasteiger partial charge in [-0.15, -0.1) is 0 Å². The van der Waals surface area contributed by atoms with Crippen LogP contribution in [-0.2, 0) is 4.84 Å². The van der Waals surface area contributed by atoms with Crippen LogP contribution in [-0.4, -0.2) is 63.9 Å². The molecule has 146 valence electrons. The molecule has 0 heterocycles. The molecule has 9 atom stereocenters. The molecule has 3 saturated carbocycles. The Labute approximate surface area is 149 Å². The molecule has 10 N–H and O–H groups in total. The van der Waals surface area contributed by atoms with Gasteiger partial charge in [0.25, 0.3) is 0 Å². The molecule has 3 fully saturated rings. The van der Waals surface area contributed by atoms with Gasteiger partial charge in [0.2, 0.25) is 0 Å². The first-order valence-corrected chi connectivity index (χ1v) is 9.60. The van der Waals surface area contributed by atoms with E-state index in [2.05, 4.69) is 5.48 Å². The van der Waals surface area contributed by atoms with E-state index < -0.39 is 24.4 Å². The van der Waals surface area contributed by atoms with Crippen LogP contribution in [0.5, 0.6) is 0 Å². The van der Waals surface area contributed by atoms with Crippen LogP contribution in [0.25, 0.3) is 0 Å². The van der Waals surface area contributed by atoms with Crippen molar-refractivity contribution in [1.29, 1.82) is 0 Å². The van der Waals surface area contributed by atoms with E-state index in [9.17, 15) is 15.3 Å². The van der Waals surface area contributed by atoms with Gasteiger partial charge in [0, 0.05) is 24.0 Å². The predicted octanol–water partition coefficient (Wildman–Crippen LogP) is -1.69. The summed E-state index contributed by atoms with van der Waals surface area (Å²) in [6.07, 6.45) is 2.84. The lowest BCUT2D eigenvalue weighted by Gasteiger charge is -2.45. The van der Waals surface area contributed by atoms with Crippen LogP contribution in [0.3, 0.4) is 0 Å². The highest BCUT2D eigenvalue weighted by Gasteiger charge is 2.46. The highest BCUT2D eigenvalue weighted by atomic mass is 16.7. The van der Waals surface area contributed by atoms with Crippen LogP contribution in [0.15, 0.2) is 0 Å². The smallest absolute Gasteiger partial charge is 0.106 e. The average Bonchev–Trinajstić information content (AvgIpc) is 3.08. The molecule has 0 saturated heterocycles. The van der Waals surface area contributed by atoms with E-state index in [0.717, 1.165) is 25.7 Å². The van der Waals surface area contributed by atoms with Gasteiger partial charge in [-0.25, -0.2) is 0 Å². The molecule has 3 rings (SSSR count). The van der Waals surface area contributed by atoms with Crippen LogP contribution in [0, 0.1) is 11.8 Å². The van der Waals surface area contributed by atoms with Crippen molar-refractivity contribution in [1.82, 2.24) is 5.48 Å². The summed E-state index contributed by atoms with van der Waals surface area (Å²) in [5, 5.41) is 30.9. The van der Waals surface area contributed by atoms with Gasteiger partial charge in [0.15, 0.2) is 0 Å². The highest BCUT2D eigenvalue weighted by Crippen LogP contribution is 2.39. The molecule has 25 heavy (non-hydrogen) atoms. The van der Waals surface area contributed by atoms with Crippen LogP contribution < -0.4 is 22.7 Å². The summed E-state index contributed by atoms with van der Waals surface area (Å²) in [6.45, 7) is 0. The fourth-order valence-corrected chi connectivity index (χ4v) is 4.88. The van der Waals surface area contributed by atoms with Crippen molar-refractivity contribution in [3.63, 3.8) is 0 Å². The SMILES string of the molecule is N[C@@H]1C[C@H](ON[C@H]2C[C@H](O)[C@@H](O)C(C3CCCC3)[C@@H]2N)[C@@H](O)C[C@@H]1N. The molecule has 8 nitrogen and oxygen atoms in total. The Morgan fingerprint density at radius 3 is 2.16 bits per heavy atom. The number of nitrogens with one attached hydrogen (secondary N) is 1. The first-order valence-electron chi connectivity index (χ1n) is 9.60. The Hall–Kier alpha value is -0.320. The number of rotatable bonds is 4. The summed E-state index contributed by atoms with van der Waals surface area (Å²) in [5.74, 6) is 0.204. The molecule has 0 bridgehead atoms. The number of aliphatic hydroxyl groups is 3. The fraction of sp³-hybridized carbons (Fsp3) is 1.00. The second kappa shape index (κ2) is 8.14. The molecule has 0 aromatic heterocycles. The zero-order valence-corrected chi connectivity index (χ0v) is 14.7. The largest absolute Gasteiger partial charge is 0.390 e. The lowest BCUT2D eigenvalue weighted by molar-refractivity contribution is -0.147. The van der Waals surface area contributed by atoms with Gasteiger partial charge < -0.3 is 32.5 Å². The minimum absolute atomic E-state index is 0.140. The lowest BCUT2D eigenvalue weighted by atomic mass is 9.71. The van der Waals surface area contributed by atoms with Gasteiger partial charge in [0.05, 0.1) is 24.4 Å². The minimum atomic E-state index is -0.821. The number of hydroxylamine groups is 1. The van der Waals surface area contributed by atoms with Crippen LogP contribution >= 0.6 is 0 Å². The van der Waals surface area contributed by atoms with Crippen LogP contribution in [0.1, 0.15) is 44.9 Å². The quantitative estimate of drug-likeness (QED) is 0.293. The highest BCUT2D eigenvalue weighted by molar-refractivity contribution is 5.01. The molecule has 8 heteroatoms. The van der Waals surface area contributed by atoms with Gasteiger partial charge in [-0.2, -0.15) is 5.48 Å². The van der Waals surface area contributed by atoms with Gasteiger partial charge in [-0.1, -0.05) is 25.7 Å². The summed E-state index contributed by atoms with van der Waals surface area (Å²) in [6, 6.07) is -1.02. The second-order valence-electron chi connectivity index (χ2n) is 8.24. The molecule has 0 aromatic carbocycles. The third-order valence-corrected chi connectivity index (χ3v) is 6.51. The second-order valence-corrected chi connectivity index (χ2v) is 8.24. The van der Waals surface area contributed by atoms with Crippen molar-refractivity contribution in [3.8, 4) is 0 Å². The van der Waals surface area contributed by atoms with Crippen molar-refractivity contribution in [2.75, 3.05) is 0 Å². The standard InChI is InChI=1S/C17H34N4O4/c18-9-5-12(22)14(6-10(9)19)25-21-11-7-13(23)17(24)15(16(11)20)8-3-1-2-4-8/h8-17,21-24H,1-7,18-20H2/t9-,10+,11-,12-,13-,14-,15?,16+,17+/m0/s1. The maximum absolute atomic E-state index is 10.4. The molecular weight excluding hydrogens is 324 g/mol. The Balaban J connectivity index is 1.59. The van der Waals surface area contributed by atoms with Crippen LogP contribution in [0.2, 0.25) is 0 Å². The molecule has 0 aliphatic heterocycles. The van der Waals surface area contributed by atoms with Gasteiger partial charge in [-0.05, 0) is 25.2 Å². The summed E-state index contributed by atoms with van der Waals surface area (Å²) in [7, 11) is 0. The summed E-state index contributed by atoms with van der Waals surface area (Å²) < 4.78 is 0. The lowest BCUT2D eigenvalue weighted by Crippen LogP contribution is -2.63. The zero-order chi connectivity index (χ0) is 18.1. The first kappa shape index (κ1) is 19.4. The molecule has 1 unspecified atom stereocenters. The van der Waals surface area contributed by atoms with E-state index in [0.29, 0.717) is 25.2 Å². The number of nitrogens with two attached hydrogens (primary N) is 3. The van der Waals surface area contributed by atoms with Crippen molar-refractivity contribution in [2.24, 2.45) is 29.0 Å². The monoisotopic (exact) mass is 358 g/mol. The van der Waals surface area contributed by atoms with Gasteiger partial charge >= 0.3 is 0 Å². The molecule has 0 amide bonds. The van der Waals surface area contributed by atoms with Gasteiger partial charge in [0.1, 0.15) is 6.10 Å². The topological polar surface area (TPSA) is 160 Å². The van der Waals surface area contributed by atoms with Gasteiger partial charge in [-0.3, -0.25) is 4.84 Å². The Kier molecular flexibility index (Phi) is 6.33. The normalized spacial score (nSPS) is 49.4. The molecule has 3 aliphatic carbocycles. The van der Waals surface area contributed by atoms with Crippen molar-refractivity contribution >= 4 is 0 Å². The first-order chi connectivity index (χ1) is 11.9. The van der Waals surface area contributed by atoms with E-state index in [1.165, 1.54) is 0 Å². The minimum Gasteiger partial charge on any atom is -0.390 e. The Morgan fingerprint density at radius 1 is 0.840 bits per heavy atom. The Morgan fingerprint density at radius 2 is 1.48 bits per heavy atom. The number of hydrogen-bond donors (Lipinski definition) is 7. The molecular formula is C17H34N4O4. The van der Waals surface area contributed by atoms with Crippen molar-refractivity contribution < 1.29 is 20.2 Å². The van der Waals surface area contributed by atoms with E-state index in [-0.39, 0.29) is 30.1 Å². The number of aliphatic hydroxyl groups excluding tert-OH is 3. The third-order valence-electron chi connectivity index (χ3n) is 6.51. The van der Waals surface area contributed by atoms with Crippen molar-refractivity contribution in [2.45, 2.75) is 93.5 Å². The van der Waals surface area contributed by atoms with E-state index in [1.807, 2.05) is 0 Å². The summed E-state index contributed by atoms with van der Waals surface area (Å²) in [5.41, 5.74) is 21.2. The van der Waals surface area contributed by atoms with E-state index in [4.69, 9.17) is 22.0 Å².